The molecule has 0 saturated carbocycles. The number of ether oxygens (including phenoxy) is 2. The molecule has 188 valence electrons. The van der Waals surface area contributed by atoms with Crippen LogP contribution >= 0.6 is 0 Å². The molecule has 1 saturated heterocycles. The molecule has 1 aromatic heterocycles. The summed E-state index contributed by atoms with van der Waals surface area (Å²) in [7, 11) is 0. The van der Waals surface area contributed by atoms with Gasteiger partial charge >= 0.3 is 6.09 Å². The molecule has 1 atom stereocenters. The zero-order chi connectivity index (χ0) is 25.0. The highest BCUT2D eigenvalue weighted by Gasteiger charge is 2.27. The Balaban J connectivity index is 1.43. The molecule has 0 radical (unpaired) electrons. The van der Waals surface area contributed by atoms with Gasteiger partial charge in [-0.1, -0.05) is 18.2 Å². The minimum absolute atomic E-state index is 0.0896. The van der Waals surface area contributed by atoms with Gasteiger partial charge in [0.15, 0.2) is 0 Å². The fourth-order valence-electron chi connectivity index (χ4n) is 4.58. The van der Waals surface area contributed by atoms with E-state index < -0.39 is 5.60 Å². The van der Waals surface area contributed by atoms with E-state index in [9.17, 15) is 9.90 Å². The number of rotatable bonds is 6. The molecule has 3 heterocycles. The number of aliphatic hydroxyl groups is 1. The Hall–Kier alpha value is -3.06. The number of hydrogen-bond acceptors (Lipinski definition) is 6. The standard InChI is InChI=1S/C28H37N3O4/c1-20-5-8-26(29-18-20)34-24-11-15-31(19-24)25-7-6-22(17-23(25)12-16-32)21-9-13-30(14-10-21)27(33)35-28(2,3)4/h5-9,17-18,24,32H,10-16,19H2,1-4H3/t24-/m0/s1. The third-order valence-electron chi connectivity index (χ3n) is 6.35. The van der Waals surface area contributed by atoms with Crippen LogP contribution in [0.1, 0.15) is 50.3 Å². The second-order valence-electron chi connectivity index (χ2n) is 10.4. The first kappa shape index (κ1) is 25.0. The largest absolute Gasteiger partial charge is 0.472 e. The summed E-state index contributed by atoms with van der Waals surface area (Å²) < 4.78 is 11.6. The Labute approximate surface area is 208 Å². The first-order chi connectivity index (χ1) is 16.7. The molecule has 35 heavy (non-hydrogen) atoms. The van der Waals surface area contributed by atoms with Crippen molar-refractivity contribution in [3.05, 3.63) is 59.3 Å². The van der Waals surface area contributed by atoms with Crippen molar-refractivity contribution in [2.45, 2.75) is 58.7 Å². The lowest BCUT2D eigenvalue weighted by atomic mass is 9.96. The molecule has 1 fully saturated rings. The number of pyridine rings is 1. The van der Waals surface area contributed by atoms with Gasteiger partial charge < -0.3 is 24.4 Å². The quantitative estimate of drug-likeness (QED) is 0.652. The fraction of sp³-hybridized carbons (Fsp3) is 0.500. The van der Waals surface area contributed by atoms with Crippen molar-refractivity contribution in [3.63, 3.8) is 0 Å². The number of amides is 1. The number of aromatic nitrogens is 1. The molecule has 0 unspecified atom stereocenters. The number of hydrogen-bond donors (Lipinski definition) is 1. The summed E-state index contributed by atoms with van der Waals surface area (Å²) in [6.07, 6.45) is 6.07. The Morgan fingerprint density at radius 2 is 2.03 bits per heavy atom. The van der Waals surface area contributed by atoms with Crippen molar-refractivity contribution < 1.29 is 19.4 Å². The van der Waals surface area contributed by atoms with E-state index >= 15 is 0 Å². The smallest absolute Gasteiger partial charge is 0.410 e. The molecule has 1 amide bonds. The van der Waals surface area contributed by atoms with E-state index in [2.05, 4.69) is 34.2 Å². The van der Waals surface area contributed by atoms with Crippen molar-refractivity contribution in [3.8, 4) is 5.88 Å². The average molecular weight is 480 g/mol. The van der Waals surface area contributed by atoms with Crippen LogP contribution in [0.4, 0.5) is 10.5 Å². The van der Waals surface area contributed by atoms with Crippen LogP contribution in [0.2, 0.25) is 0 Å². The van der Waals surface area contributed by atoms with Gasteiger partial charge in [-0.25, -0.2) is 9.78 Å². The SMILES string of the molecule is Cc1ccc(O[C@H]2CCN(c3ccc(C4=CCN(C(=O)OC(C)(C)C)CC4)cc3CCO)C2)nc1. The van der Waals surface area contributed by atoms with E-state index in [4.69, 9.17) is 9.47 Å². The second kappa shape index (κ2) is 10.7. The predicted octanol–water partition coefficient (Wildman–Crippen LogP) is 4.61. The molecule has 2 aromatic rings. The number of carbonyl (C=O) groups is 1. The van der Waals surface area contributed by atoms with Gasteiger partial charge in [0.2, 0.25) is 5.88 Å². The van der Waals surface area contributed by atoms with E-state index in [-0.39, 0.29) is 18.8 Å². The van der Waals surface area contributed by atoms with Crippen molar-refractivity contribution in [2.24, 2.45) is 0 Å². The van der Waals surface area contributed by atoms with E-state index in [1.54, 1.807) is 4.90 Å². The van der Waals surface area contributed by atoms with Crippen molar-refractivity contribution >= 4 is 17.4 Å². The van der Waals surface area contributed by atoms with Crippen LogP contribution in [-0.2, 0) is 11.2 Å². The minimum Gasteiger partial charge on any atom is -0.472 e. The maximum atomic E-state index is 12.4. The maximum Gasteiger partial charge on any atom is 0.410 e. The molecule has 0 spiro atoms. The summed E-state index contributed by atoms with van der Waals surface area (Å²) >= 11 is 0. The first-order valence-electron chi connectivity index (χ1n) is 12.5. The molecule has 1 aromatic carbocycles. The van der Waals surface area contributed by atoms with Crippen LogP contribution in [0.5, 0.6) is 5.88 Å². The van der Waals surface area contributed by atoms with Gasteiger partial charge in [0.1, 0.15) is 11.7 Å². The van der Waals surface area contributed by atoms with E-state index in [1.807, 2.05) is 46.0 Å². The zero-order valence-electron chi connectivity index (χ0n) is 21.3. The summed E-state index contributed by atoms with van der Waals surface area (Å²) in [5.74, 6) is 0.665. The van der Waals surface area contributed by atoms with Crippen molar-refractivity contribution in [2.75, 3.05) is 37.7 Å². The molecule has 2 aliphatic heterocycles. The van der Waals surface area contributed by atoms with Gasteiger partial charge in [0.05, 0.1) is 6.54 Å². The highest BCUT2D eigenvalue weighted by Crippen LogP contribution is 2.31. The Bertz CT molecular complexity index is 1060. The Kier molecular flexibility index (Phi) is 7.65. The third kappa shape index (κ3) is 6.54. The summed E-state index contributed by atoms with van der Waals surface area (Å²) in [5, 5.41) is 9.72. The van der Waals surface area contributed by atoms with Crippen LogP contribution in [0.3, 0.4) is 0 Å². The lowest BCUT2D eigenvalue weighted by Gasteiger charge is -2.30. The molecule has 4 rings (SSSR count). The maximum absolute atomic E-state index is 12.4. The van der Waals surface area contributed by atoms with Crippen LogP contribution in [0.15, 0.2) is 42.6 Å². The number of benzene rings is 1. The summed E-state index contributed by atoms with van der Waals surface area (Å²) in [4.78, 5) is 20.8. The van der Waals surface area contributed by atoms with E-state index in [0.717, 1.165) is 48.3 Å². The number of carbonyl (C=O) groups excluding carboxylic acids is 1. The lowest BCUT2D eigenvalue weighted by molar-refractivity contribution is 0.0270. The molecule has 0 aliphatic carbocycles. The predicted molar refractivity (Wildman–Crippen MR) is 138 cm³/mol. The number of aryl methyl sites for hydroxylation is 1. The molecule has 7 heteroatoms. The molecule has 0 bridgehead atoms. The highest BCUT2D eigenvalue weighted by molar-refractivity contribution is 5.74. The van der Waals surface area contributed by atoms with Gasteiger partial charge in [-0.15, -0.1) is 0 Å². The average Bonchev–Trinajstić information content (AvgIpc) is 3.28. The molecular weight excluding hydrogens is 442 g/mol. The minimum atomic E-state index is -0.494. The topological polar surface area (TPSA) is 75.1 Å². The number of nitrogens with zero attached hydrogens (tertiary/aromatic N) is 3. The van der Waals surface area contributed by atoms with Crippen LogP contribution in [-0.4, -0.2) is 65.6 Å². The van der Waals surface area contributed by atoms with Crippen LogP contribution < -0.4 is 9.64 Å². The van der Waals surface area contributed by atoms with Gasteiger partial charge in [-0.2, -0.15) is 0 Å². The fourth-order valence-corrected chi connectivity index (χ4v) is 4.58. The van der Waals surface area contributed by atoms with Gasteiger partial charge in [-0.05, 0) is 74.9 Å². The van der Waals surface area contributed by atoms with Crippen LogP contribution in [0.25, 0.3) is 5.57 Å². The normalized spacial score (nSPS) is 18.4. The summed E-state index contributed by atoms with van der Waals surface area (Å²) in [6.45, 7) is 10.6. The Morgan fingerprint density at radius 1 is 1.20 bits per heavy atom. The third-order valence-corrected chi connectivity index (χ3v) is 6.35. The lowest BCUT2D eigenvalue weighted by Crippen LogP contribution is -2.39. The zero-order valence-corrected chi connectivity index (χ0v) is 21.3. The molecular formula is C28H37N3O4. The van der Waals surface area contributed by atoms with Crippen LogP contribution in [0, 0.1) is 6.92 Å². The summed E-state index contributed by atoms with van der Waals surface area (Å²) in [6, 6.07) is 10.4. The number of anilines is 1. The molecule has 2 aliphatic rings. The van der Waals surface area contributed by atoms with Crippen molar-refractivity contribution in [1.82, 2.24) is 9.88 Å². The van der Waals surface area contributed by atoms with E-state index in [1.165, 1.54) is 5.57 Å². The molecule has 7 nitrogen and oxygen atoms in total. The second-order valence-corrected chi connectivity index (χ2v) is 10.4. The monoisotopic (exact) mass is 479 g/mol. The Morgan fingerprint density at radius 3 is 2.69 bits per heavy atom. The van der Waals surface area contributed by atoms with Crippen molar-refractivity contribution in [1.29, 1.82) is 0 Å². The van der Waals surface area contributed by atoms with Gasteiger partial charge in [0.25, 0.3) is 0 Å². The molecule has 1 N–H and O–H groups in total. The van der Waals surface area contributed by atoms with Gasteiger partial charge in [0, 0.05) is 50.6 Å². The number of aliphatic hydroxyl groups excluding tert-OH is 1. The van der Waals surface area contributed by atoms with E-state index in [0.29, 0.717) is 25.4 Å². The highest BCUT2D eigenvalue weighted by atomic mass is 16.6. The summed E-state index contributed by atoms with van der Waals surface area (Å²) in [5.41, 5.74) is 5.28. The van der Waals surface area contributed by atoms with Gasteiger partial charge in [-0.3, -0.25) is 0 Å². The first-order valence-corrected chi connectivity index (χ1v) is 12.5.